The summed E-state index contributed by atoms with van der Waals surface area (Å²) in [6.45, 7) is 2.12. The molecule has 3 aromatic rings. The van der Waals surface area contributed by atoms with Crippen molar-refractivity contribution in [2.24, 2.45) is 0 Å². The molecule has 1 heterocycles. The fraction of sp³-hybridized carbons (Fsp3) is 0.143. The first-order valence-corrected chi connectivity index (χ1v) is 9.37. The molecule has 0 saturated heterocycles. The molecular weight excluding hydrogens is 379 g/mol. The van der Waals surface area contributed by atoms with Crippen molar-refractivity contribution >= 4 is 28.2 Å². The highest BCUT2D eigenvalue weighted by Gasteiger charge is 2.16. The number of halogens is 1. The van der Waals surface area contributed by atoms with Crippen LogP contribution in [0, 0.1) is 12.7 Å². The molecule has 0 bridgehead atoms. The van der Waals surface area contributed by atoms with E-state index < -0.39 is 11.7 Å². The summed E-state index contributed by atoms with van der Waals surface area (Å²) in [5.74, 6) is -0.443. The Balaban J connectivity index is 1.67. The van der Waals surface area contributed by atoms with Crippen LogP contribution >= 0.6 is 11.3 Å². The van der Waals surface area contributed by atoms with Crippen molar-refractivity contribution in [3.05, 3.63) is 82.0 Å². The van der Waals surface area contributed by atoms with Gasteiger partial charge in [0.05, 0.1) is 17.0 Å². The smallest absolute Gasteiger partial charge is 0.261 e. The molecule has 0 fully saturated rings. The van der Waals surface area contributed by atoms with Gasteiger partial charge in [0, 0.05) is 17.7 Å². The summed E-state index contributed by atoms with van der Waals surface area (Å²) in [4.78, 5) is 25.3. The number of hydrogen-bond acceptors (Lipinski definition) is 4. The van der Waals surface area contributed by atoms with Crippen molar-refractivity contribution in [3.8, 4) is 5.75 Å². The van der Waals surface area contributed by atoms with Gasteiger partial charge in [-0.1, -0.05) is 24.3 Å². The normalized spacial score (nSPS) is 10.4. The van der Waals surface area contributed by atoms with E-state index in [1.165, 1.54) is 29.5 Å². The third-order valence-electron chi connectivity index (χ3n) is 4.08. The van der Waals surface area contributed by atoms with Crippen molar-refractivity contribution in [1.29, 1.82) is 0 Å². The first kappa shape index (κ1) is 19.6. The van der Waals surface area contributed by atoms with E-state index >= 15 is 0 Å². The van der Waals surface area contributed by atoms with E-state index in [1.54, 1.807) is 20.1 Å². The summed E-state index contributed by atoms with van der Waals surface area (Å²) in [6.07, 6.45) is 0. The van der Waals surface area contributed by atoms with Gasteiger partial charge >= 0.3 is 0 Å². The predicted molar refractivity (Wildman–Crippen MR) is 108 cm³/mol. The van der Waals surface area contributed by atoms with E-state index in [2.05, 4.69) is 10.6 Å². The summed E-state index contributed by atoms with van der Waals surface area (Å²) in [5, 5.41) is 6.09. The van der Waals surface area contributed by atoms with Gasteiger partial charge in [-0.2, -0.15) is 0 Å². The van der Waals surface area contributed by atoms with Gasteiger partial charge in [-0.15, -0.1) is 11.3 Å². The van der Waals surface area contributed by atoms with Gasteiger partial charge in [0.1, 0.15) is 11.6 Å². The minimum Gasteiger partial charge on any atom is -0.496 e. The van der Waals surface area contributed by atoms with Gasteiger partial charge in [0.2, 0.25) is 0 Å². The van der Waals surface area contributed by atoms with Crippen LogP contribution in [0.3, 0.4) is 0 Å². The average molecular weight is 398 g/mol. The molecule has 0 spiro atoms. The van der Waals surface area contributed by atoms with Gasteiger partial charge in [0.25, 0.3) is 11.8 Å². The minimum absolute atomic E-state index is 0.216. The van der Waals surface area contributed by atoms with E-state index in [0.717, 1.165) is 17.2 Å². The fourth-order valence-corrected chi connectivity index (χ4v) is 3.67. The Kier molecular flexibility index (Phi) is 6.06. The molecule has 0 atom stereocenters. The zero-order chi connectivity index (χ0) is 20.1. The van der Waals surface area contributed by atoms with Crippen LogP contribution in [0.5, 0.6) is 5.75 Å². The molecule has 0 aliphatic rings. The molecule has 0 unspecified atom stereocenters. The molecule has 2 amide bonds. The van der Waals surface area contributed by atoms with Gasteiger partial charge in [0.15, 0.2) is 0 Å². The van der Waals surface area contributed by atoms with Crippen molar-refractivity contribution in [2.45, 2.75) is 13.5 Å². The molecule has 3 rings (SSSR count). The van der Waals surface area contributed by atoms with E-state index in [-0.39, 0.29) is 11.5 Å². The molecule has 144 valence electrons. The van der Waals surface area contributed by atoms with Crippen molar-refractivity contribution in [2.75, 3.05) is 12.4 Å². The lowest BCUT2D eigenvalue weighted by Gasteiger charge is -2.09. The number of benzene rings is 2. The Morgan fingerprint density at radius 1 is 1.07 bits per heavy atom. The van der Waals surface area contributed by atoms with Crippen LogP contribution in [-0.2, 0) is 6.54 Å². The lowest BCUT2D eigenvalue weighted by Crippen LogP contribution is -2.22. The monoisotopic (exact) mass is 398 g/mol. The molecular formula is C21H19FN2O3S. The first-order chi connectivity index (χ1) is 13.5. The number of nitrogens with one attached hydrogen (secondary N) is 2. The molecule has 1 aromatic heterocycles. The number of carbonyl (C=O) groups is 2. The summed E-state index contributed by atoms with van der Waals surface area (Å²) in [7, 11) is 1.58. The average Bonchev–Trinajstić information content (AvgIpc) is 3.06. The van der Waals surface area contributed by atoms with E-state index in [9.17, 15) is 14.0 Å². The van der Waals surface area contributed by atoms with Crippen molar-refractivity contribution in [3.63, 3.8) is 0 Å². The lowest BCUT2D eigenvalue weighted by molar-refractivity contribution is 0.0953. The van der Waals surface area contributed by atoms with Crippen LogP contribution in [0.25, 0.3) is 0 Å². The topological polar surface area (TPSA) is 67.4 Å². The highest BCUT2D eigenvalue weighted by molar-refractivity contribution is 7.18. The number of ether oxygens (including phenoxy) is 1. The summed E-state index contributed by atoms with van der Waals surface area (Å²) in [6, 6.07) is 14.6. The second kappa shape index (κ2) is 8.67. The van der Waals surface area contributed by atoms with Crippen LogP contribution in [-0.4, -0.2) is 18.9 Å². The Morgan fingerprint density at radius 2 is 1.86 bits per heavy atom. The van der Waals surface area contributed by atoms with Crippen LogP contribution in [0.15, 0.2) is 54.6 Å². The molecule has 0 saturated carbocycles. The molecule has 0 aliphatic heterocycles. The second-order valence-corrected chi connectivity index (χ2v) is 7.13. The van der Waals surface area contributed by atoms with Crippen LogP contribution in [0.1, 0.15) is 31.2 Å². The quantitative estimate of drug-likeness (QED) is 0.647. The molecule has 0 radical (unpaired) electrons. The molecule has 2 aromatic carbocycles. The Hall–Kier alpha value is -3.19. The van der Waals surface area contributed by atoms with Crippen molar-refractivity contribution < 1.29 is 18.7 Å². The van der Waals surface area contributed by atoms with Crippen LogP contribution < -0.4 is 15.4 Å². The first-order valence-electron chi connectivity index (χ1n) is 8.55. The molecule has 0 aliphatic carbocycles. The van der Waals surface area contributed by atoms with Gasteiger partial charge in [-0.3, -0.25) is 9.59 Å². The number of para-hydroxylation sites is 1. The SMILES string of the molecule is COc1ccccc1CNC(=O)c1sc(NC(=O)c2cccc(F)c2)cc1C. The fourth-order valence-electron chi connectivity index (χ4n) is 2.69. The molecule has 28 heavy (non-hydrogen) atoms. The molecule has 2 N–H and O–H groups in total. The zero-order valence-corrected chi connectivity index (χ0v) is 16.2. The number of anilines is 1. The van der Waals surface area contributed by atoms with Gasteiger partial charge in [-0.05, 0) is 42.8 Å². The maximum Gasteiger partial charge on any atom is 0.261 e. The maximum absolute atomic E-state index is 13.3. The lowest BCUT2D eigenvalue weighted by atomic mass is 10.2. The largest absolute Gasteiger partial charge is 0.496 e. The van der Waals surface area contributed by atoms with Crippen LogP contribution in [0.4, 0.5) is 9.39 Å². The van der Waals surface area contributed by atoms with Gasteiger partial charge in [-0.25, -0.2) is 4.39 Å². The highest BCUT2D eigenvalue weighted by atomic mass is 32.1. The van der Waals surface area contributed by atoms with Gasteiger partial charge < -0.3 is 15.4 Å². The van der Waals surface area contributed by atoms with E-state index in [1.807, 2.05) is 24.3 Å². The Morgan fingerprint density at radius 3 is 2.61 bits per heavy atom. The zero-order valence-electron chi connectivity index (χ0n) is 15.4. The number of thiophene rings is 1. The van der Waals surface area contributed by atoms with Crippen LogP contribution in [0.2, 0.25) is 0 Å². The second-order valence-electron chi connectivity index (χ2n) is 6.08. The number of methoxy groups -OCH3 is 1. The summed E-state index contributed by atoms with van der Waals surface area (Å²) >= 11 is 1.17. The number of carbonyl (C=O) groups excluding carboxylic acids is 2. The summed E-state index contributed by atoms with van der Waals surface area (Å²) in [5.41, 5.74) is 1.83. The minimum atomic E-state index is -0.480. The number of amides is 2. The Bertz CT molecular complexity index is 1020. The third kappa shape index (κ3) is 4.55. The molecule has 7 heteroatoms. The highest BCUT2D eigenvalue weighted by Crippen LogP contribution is 2.27. The number of rotatable bonds is 6. The number of aryl methyl sites for hydroxylation is 1. The number of hydrogen-bond donors (Lipinski definition) is 2. The molecule has 5 nitrogen and oxygen atoms in total. The third-order valence-corrected chi connectivity index (χ3v) is 5.23. The maximum atomic E-state index is 13.3. The van der Waals surface area contributed by atoms with Crippen molar-refractivity contribution in [1.82, 2.24) is 5.32 Å². The Labute approximate surface area is 166 Å². The summed E-state index contributed by atoms with van der Waals surface area (Å²) < 4.78 is 18.6. The van der Waals surface area contributed by atoms with E-state index in [0.29, 0.717) is 22.2 Å². The van der Waals surface area contributed by atoms with E-state index in [4.69, 9.17) is 4.74 Å². The predicted octanol–water partition coefficient (Wildman–Crippen LogP) is 4.39. The standard InChI is InChI=1S/C21H19FN2O3S/c1-13-10-18(24-20(25)14-7-5-8-16(22)11-14)28-19(13)21(26)23-12-15-6-3-4-9-17(15)27-2/h3-11H,12H2,1-2H3,(H,23,26)(H,24,25).